The Morgan fingerprint density at radius 2 is 1.00 bits per heavy atom. The van der Waals surface area contributed by atoms with Gasteiger partial charge < -0.3 is 19.9 Å². The van der Waals surface area contributed by atoms with Crippen LogP contribution in [0.25, 0.3) is 0 Å². The fraction of sp³-hybridized carbons (Fsp3) is 1.00. The molecule has 0 aromatic carbocycles. The van der Waals surface area contributed by atoms with Gasteiger partial charge in [0.25, 0.3) is 5.91 Å². The molecule has 0 saturated heterocycles. The molecule has 5 nitrogen and oxygen atoms in total. The molecule has 32 heavy (non-hydrogen) atoms. The molecule has 0 rings (SSSR count). The SMILES string of the molecule is CCCCCCCCCCCCCCCCCCNC(OCC)(OCC)C(CN)OCC. The van der Waals surface area contributed by atoms with E-state index >= 15 is 0 Å². The van der Waals surface area contributed by atoms with Crippen molar-refractivity contribution in [1.82, 2.24) is 5.32 Å². The van der Waals surface area contributed by atoms with Crippen LogP contribution in [-0.4, -0.2) is 44.9 Å². The monoisotopic (exact) mass is 458 g/mol. The summed E-state index contributed by atoms with van der Waals surface area (Å²) in [5, 5.41) is 3.47. The Morgan fingerprint density at radius 1 is 0.594 bits per heavy atom. The van der Waals surface area contributed by atoms with Crippen LogP contribution in [0.1, 0.15) is 130 Å². The van der Waals surface area contributed by atoms with E-state index in [1.807, 2.05) is 20.8 Å². The second-order valence-electron chi connectivity index (χ2n) is 8.94. The Balaban J connectivity index is 3.74. The third kappa shape index (κ3) is 16.4. The maximum Gasteiger partial charge on any atom is 0.256 e. The first kappa shape index (κ1) is 31.8. The highest BCUT2D eigenvalue weighted by Gasteiger charge is 2.40. The first-order valence-electron chi connectivity index (χ1n) is 14.0. The van der Waals surface area contributed by atoms with Gasteiger partial charge in [0, 0.05) is 32.9 Å². The summed E-state index contributed by atoms with van der Waals surface area (Å²) in [4.78, 5) is 0. The van der Waals surface area contributed by atoms with Gasteiger partial charge in [-0.3, -0.25) is 5.32 Å². The van der Waals surface area contributed by atoms with Crippen molar-refractivity contribution in [3.63, 3.8) is 0 Å². The Kier molecular flexibility index (Phi) is 23.8. The number of hydrogen-bond donors (Lipinski definition) is 2. The zero-order valence-electron chi connectivity index (χ0n) is 22.2. The Bertz CT molecular complexity index is 363. The minimum absolute atomic E-state index is 0.312. The van der Waals surface area contributed by atoms with E-state index in [2.05, 4.69) is 12.2 Å². The Labute approximate surface area is 200 Å². The third-order valence-electron chi connectivity index (χ3n) is 6.13. The van der Waals surface area contributed by atoms with Crippen LogP contribution in [-0.2, 0) is 14.2 Å². The number of unbranched alkanes of at least 4 members (excludes halogenated alkanes) is 15. The van der Waals surface area contributed by atoms with Gasteiger partial charge in [-0.1, -0.05) is 103 Å². The molecule has 0 amide bonds. The normalized spacial score (nSPS) is 13.0. The van der Waals surface area contributed by atoms with Crippen LogP contribution in [0.2, 0.25) is 0 Å². The summed E-state index contributed by atoms with van der Waals surface area (Å²) >= 11 is 0. The molecule has 0 heterocycles. The molecule has 5 heteroatoms. The standard InChI is InChI=1S/C27H58N2O3/c1-5-9-10-11-12-13-14-15-16-17-18-19-20-21-22-23-24-29-27(31-7-3,32-8-4)26(25-28)30-6-2/h26,29H,5-25,28H2,1-4H3. The lowest BCUT2D eigenvalue weighted by Gasteiger charge is -2.39. The summed E-state index contributed by atoms with van der Waals surface area (Å²) in [6.45, 7) is 11.1. The van der Waals surface area contributed by atoms with Gasteiger partial charge in [0.15, 0.2) is 0 Å². The van der Waals surface area contributed by atoms with E-state index in [9.17, 15) is 0 Å². The van der Waals surface area contributed by atoms with Gasteiger partial charge >= 0.3 is 0 Å². The van der Waals surface area contributed by atoms with Crippen molar-refractivity contribution in [2.24, 2.45) is 5.73 Å². The quantitative estimate of drug-likeness (QED) is 0.109. The average Bonchev–Trinajstić information content (AvgIpc) is 2.79. The van der Waals surface area contributed by atoms with Crippen LogP contribution < -0.4 is 11.1 Å². The number of rotatable bonds is 26. The Morgan fingerprint density at radius 3 is 1.34 bits per heavy atom. The van der Waals surface area contributed by atoms with Crippen molar-refractivity contribution in [3.05, 3.63) is 0 Å². The first-order valence-corrected chi connectivity index (χ1v) is 14.0. The van der Waals surface area contributed by atoms with Crippen molar-refractivity contribution in [2.45, 2.75) is 142 Å². The molecule has 0 aliphatic rings. The lowest BCUT2D eigenvalue weighted by Crippen LogP contribution is -2.62. The first-order chi connectivity index (χ1) is 15.7. The van der Waals surface area contributed by atoms with Crippen LogP contribution in [0.5, 0.6) is 0 Å². The van der Waals surface area contributed by atoms with Gasteiger partial charge in [0.1, 0.15) is 6.10 Å². The van der Waals surface area contributed by atoms with Gasteiger partial charge in [-0.15, -0.1) is 0 Å². The zero-order chi connectivity index (χ0) is 23.8. The fourth-order valence-electron chi connectivity index (χ4n) is 4.34. The summed E-state index contributed by atoms with van der Waals surface area (Å²) in [6, 6.07) is 0. The predicted molar refractivity (Wildman–Crippen MR) is 138 cm³/mol. The van der Waals surface area contributed by atoms with Gasteiger partial charge in [-0.25, -0.2) is 0 Å². The van der Waals surface area contributed by atoms with Crippen molar-refractivity contribution >= 4 is 0 Å². The molecule has 0 spiro atoms. The van der Waals surface area contributed by atoms with Crippen molar-refractivity contribution in [1.29, 1.82) is 0 Å². The van der Waals surface area contributed by atoms with Crippen LogP contribution in [0.4, 0.5) is 0 Å². The largest absolute Gasteiger partial charge is 0.370 e. The third-order valence-corrected chi connectivity index (χ3v) is 6.13. The minimum atomic E-state index is -0.941. The van der Waals surface area contributed by atoms with Gasteiger partial charge in [0.05, 0.1) is 0 Å². The highest BCUT2D eigenvalue weighted by molar-refractivity contribution is 4.80. The van der Waals surface area contributed by atoms with Crippen LogP contribution in [0.15, 0.2) is 0 Å². The molecule has 1 atom stereocenters. The molecule has 3 N–H and O–H groups in total. The van der Waals surface area contributed by atoms with Crippen LogP contribution >= 0.6 is 0 Å². The number of nitrogens with one attached hydrogen (secondary N) is 1. The van der Waals surface area contributed by atoms with Crippen molar-refractivity contribution in [3.8, 4) is 0 Å². The molecule has 194 valence electrons. The van der Waals surface area contributed by atoms with E-state index in [0.717, 1.165) is 13.0 Å². The number of nitrogens with two attached hydrogens (primary N) is 1. The number of ether oxygens (including phenoxy) is 3. The molecular weight excluding hydrogens is 400 g/mol. The molecule has 1 unspecified atom stereocenters. The second-order valence-corrected chi connectivity index (χ2v) is 8.94. The van der Waals surface area contributed by atoms with E-state index in [1.165, 1.54) is 96.3 Å². The maximum absolute atomic E-state index is 5.97. The van der Waals surface area contributed by atoms with E-state index in [-0.39, 0.29) is 6.10 Å². The van der Waals surface area contributed by atoms with Crippen molar-refractivity contribution in [2.75, 3.05) is 32.9 Å². The molecule has 0 radical (unpaired) electrons. The van der Waals surface area contributed by atoms with Gasteiger partial charge in [-0.05, 0) is 27.2 Å². The average molecular weight is 459 g/mol. The second kappa shape index (κ2) is 23.9. The van der Waals surface area contributed by atoms with E-state index < -0.39 is 5.91 Å². The highest BCUT2D eigenvalue weighted by Crippen LogP contribution is 2.19. The summed E-state index contributed by atoms with van der Waals surface area (Å²) < 4.78 is 17.7. The molecule has 0 fully saturated rings. The number of hydrogen-bond acceptors (Lipinski definition) is 5. The maximum atomic E-state index is 5.97. The topological polar surface area (TPSA) is 65.7 Å². The summed E-state index contributed by atoms with van der Waals surface area (Å²) in [6.07, 6.45) is 21.8. The Hall–Kier alpha value is -0.200. The lowest BCUT2D eigenvalue weighted by atomic mass is 10.0. The smallest absolute Gasteiger partial charge is 0.256 e. The van der Waals surface area contributed by atoms with Crippen LogP contribution in [0.3, 0.4) is 0 Å². The highest BCUT2D eigenvalue weighted by atomic mass is 16.7. The molecule has 0 aliphatic carbocycles. The molecule has 0 aliphatic heterocycles. The summed E-state index contributed by atoms with van der Waals surface area (Å²) in [5.41, 5.74) is 5.95. The predicted octanol–water partition coefficient (Wildman–Crippen LogP) is 6.93. The molecule has 0 aromatic rings. The van der Waals surface area contributed by atoms with E-state index in [1.54, 1.807) is 0 Å². The molecular formula is C27H58N2O3. The minimum Gasteiger partial charge on any atom is -0.370 e. The molecule has 0 aromatic heterocycles. The summed E-state index contributed by atoms with van der Waals surface area (Å²) in [7, 11) is 0. The van der Waals surface area contributed by atoms with Crippen molar-refractivity contribution < 1.29 is 14.2 Å². The van der Waals surface area contributed by atoms with E-state index in [0.29, 0.717) is 26.4 Å². The van der Waals surface area contributed by atoms with E-state index in [4.69, 9.17) is 19.9 Å². The molecule has 0 bridgehead atoms. The zero-order valence-corrected chi connectivity index (χ0v) is 22.2. The molecule has 0 saturated carbocycles. The van der Waals surface area contributed by atoms with Crippen LogP contribution in [0, 0.1) is 0 Å². The van der Waals surface area contributed by atoms with Gasteiger partial charge in [-0.2, -0.15) is 0 Å². The van der Waals surface area contributed by atoms with Gasteiger partial charge in [0.2, 0.25) is 0 Å². The summed E-state index contributed by atoms with van der Waals surface area (Å²) in [5.74, 6) is -0.941. The fourth-order valence-corrected chi connectivity index (χ4v) is 4.34. The lowest BCUT2D eigenvalue weighted by molar-refractivity contribution is -0.303.